The number of carbonyl (C=O) groups excluding carboxylic acids is 1. The van der Waals surface area contributed by atoms with Crippen LogP contribution in [0, 0.1) is 11.4 Å². The van der Waals surface area contributed by atoms with Crippen LogP contribution in [0.4, 0.5) is 10.2 Å². The number of nitrogens with zero attached hydrogens (tertiary/aromatic N) is 1. The third-order valence-electron chi connectivity index (χ3n) is 3.46. The summed E-state index contributed by atoms with van der Waals surface area (Å²) in [4.78, 5) is 15.8. The number of halogens is 1. The lowest BCUT2D eigenvalue weighted by atomic mass is 9.75. The molecule has 0 aromatic carbocycles. The number of pyridine rings is 1. The van der Waals surface area contributed by atoms with Crippen LogP contribution < -0.4 is 5.32 Å². The number of hydrogen-bond donors (Lipinski definition) is 1. The highest BCUT2D eigenvalue weighted by Crippen LogP contribution is 2.36. The van der Waals surface area contributed by atoms with Gasteiger partial charge in [-0.3, -0.25) is 4.79 Å². The molecule has 1 N–H and O–H groups in total. The third kappa shape index (κ3) is 2.81. The Morgan fingerprint density at radius 3 is 2.71 bits per heavy atom. The van der Waals surface area contributed by atoms with Gasteiger partial charge in [-0.25, -0.2) is 4.98 Å². The van der Waals surface area contributed by atoms with Crippen LogP contribution in [0.3, 0.4) is 0 Å². The summed E-state index contributed by atoms with van der Waals surface area (Å²) >= 11 is 0. The molecule has 4 heteroatoms. The van der Waals surface area contributed by atoms with E-state index in [2.05, 4.69) is 10.3 Å². The molecule has 1 aromatic heterocycles. The smallest absolute Gasteiger partial charge is 0.231 e. The Hall–Kier alpha value is -1.45. The molecule has 1 heterocycles. The average molecular weight is 236 g/mol. The van der Waals surface area contributed by atoms with Crippen molar-refractivity contribution < 1.29 is 9.18 Å². The largest absolute Gasteiger partial charge is 0.310 e. The summed E-state index contributed by atoms with van der Waals surface area (Å²) in [7, 11) is 0. The summed E-state index contributed by atoms with van der Waals surface area (Å²) in [6, 6.07) is 4.41. The zero-order chi connectivity index (χ0) is 12.3. The molecule has 0 radical (unpaired) electrons. The Balaban J connectivity index is 2.05. The van der Waals surface area contributed by atoms with Gasteiger partial charge >= 0.3 is 0 Å². The number of rotatable bonds is 2. The van der Waals surface area contributed by atoms with Crippen molar-refractivity contribution in [2.45, 2.75) is 39.0 Å². The summed E-state index contributed by atoms with van der Waals surface area (Å²) in [6.07, 6.45) is 5.16. The van der Waals surface area contributed by atoms with Gasteiger partial charge in [0.05, 0.1) is 0 Å². The van der Waals surface area contributed by atoms with Crippen molar-refractivity contribution >= 4 is 11.7 Å². The van der Waals surface area contributed by atoms with Crippen LogP contribution in [-0.4, -0.2) is 10.9 Å². The van der Waals surface area contributed by atoms with Crippen LogP contribution in [0.2, 0.25) is 0 Å². The van der Waals surface area contributed by atoms with Gasteiger partial charge < -0.3 is 5.32 Å². The van der Waals surface area contributed by atoms with Crippen molar-refractivity contribution in [3.8, 4) is 0 Å². The Kier molecular flexibility index (Phi) is 3.41. The van der Waals surface area contributed by atoms with Gasteiger partial charge in [0.2, 0.25) is 11.9 Å². The molecular formula is C13H17FN2O. The second-order valence-corrected chi connectivity index (χ2v) is 4.92. The van der Waals surface area contributed by atoms with E-state index in [0.717, 1.165) is 25.7 Å². The van der Waals surface area contributed by atoms with Crippen LogP contribution in [-0.2, 0) is 4.79 Å². The summed E-state index contributed by atoms with van der Waals surface area (Å²) in [5, 5.41) is 2.70. The zero-order valence-electron chi connectivity index (χ0n) is 10.0. The van der Waals surface area contributed by atoms with E-state index in [1.165, 1.54) is 12.5 Å². The second kappa shape index (κ2) is 4.82. The van der Waals surface area contributed by atoms with Crippen molar-refractivity contribution in [2.75, 3.05) is 5.32 Å². The van der Waals surface area contributed by atoms with E-state index >= 15 is 0 Å². The number of aromatic nitrogens is 1. The molecule has 1 fully saturated rings. The highest BCUT2D eigenvalue weighted by atomic mass is 19.1. The van der Waals surface area contributed by atoms with Crippen LogP contribution in [0.15, 0.2) is 18.2 Å². The maximum Gasteiger partial charge on any atom is 0.231 e. The predicted octanol–water partition coefficient (Wildman–Crippen LogP) is 3.13. The fourth-order valence-corrected chi connectivity index (χ4v) is 2.30. The summed E-state index contributed by atoms with van der Waals surface area (Å²) < 4.78 is 12.9. The van der Waals surface area contributed by atoms with E-state index in [-0.39, 0.29) is 11.3 Å². The van der Waals surface area contributed by atoms with Crippen LogP contribution in [0.25, 0.3) is 0 Å². The molecule has 2 rings (SSSR count). The molecule has 1 aromatic rings. The highest BCUT2D eigenvalue weighted by Gasteiger charge is 2.34. The van der Waals surface area contributed by atoms with Gasteiger partial charge in [-0.1, -0.05) is 32.3 Å². The Morgan fingerprint density at radius 1 is 1.35 bits per heavy atom. The van der Waals surface area contributed by atoms with Gasteiger partial charge in [0.15, 0.2) is 0 Å². The molecule has 0 saturated heterocycles. The SMILES string of the molecule is CC1(C(=O)Nc2cccc(F)n2)CCCCC1. The molecule has 1 aliphatic carbocycles. The lowest BCUT2D eigenvalue weighted by Gasteiger charge is -2.31. The molecule has 0 unspecified atom stereocenters. The fraction of sp³-hybridized carbons (Fsp3) is 0.538. The number of amides is 1. The first kappa shape index (κ1) is 12.0. The van der Waals surface area contributed by atoms with Gasteiger partial charge in [-0.05, 0) is 25.0 Å². The van der Waals surface area contributed by atoms with E-state index in [4.69, 9.17) is 0 Å². The lowest BCUT2D eigenvalue weighted by Crippen LogP contribution is -2.35. The van der Waals surface area contributed by atoms with E-state index in [1.54, 1.807) is 12.1 Å². The number of carbonyl (C=O) groups is 1. The monoisotopic (exact) mass is 236 g/mol. The first-order chi connectivity index (χ1) is 8.10. The van der Waals surface area contributed by atoms with Gasteiger partial charge in [-0.2, -0.15) is 4.39 Å². The minimum atomic E-state index is -0.573. The lowest BCUT2D eigenvalue weighted by molar-refractivity contribution is -0.126. The van der Waals surface area contributed by atoms with Crippen LogP contribution in [0.1, 0.15) is 39.0 Å². The van der Waals surface area contributed by atoms with E-state index in [9.17, 15) is 9.18 Å². The molecule has 92 valence electrons. The first-order valence-corrected chi connectivity index (χ1v) is 6.04. The molecule has 1 aliphatic rings. The highest BCUT2D eigenvalue weighted by molar-refractivity contribution is 5.94. The summed E-state index contributed by atoms with van der Waals surface area (Å²) in [6.45, 7) is 1.97. The molecule has 0 bridgehead atoms. The summed E-state index contributed by atoms with van der Waals surface area (Å²) in [5.41, 5.74) is -0.327. The maximum absolute atomic E-state index is 12.9. The molecule has 1 amide bonds. The molecule has 1 saturated carbocycles. The predicted molar refractivity (Wildman–Crippen MR) is 64.0 cm³/mol. The Morgan fingerprint density at radius 2 is 2.06 bits per heavy atom. The standard InChI is InChI=1S/C13H17FN2O/c1-13(8-3-2-4-9-13)12(17)16-11-7-5-6-10(14)15-11/h5-7H,2-4,8-9H2,1H3,(H,15,16,17). The van der Waals surface area contributed by atoms with Crippen molar-refractivity contribution in [3.05, 3.63) is 24.1 Å². The fourth-order valence-electron chi connectivity index (χ4n) is 2.30. The molecule has 3 nitrogen and oxygen atoms in total. The first-order valence-electron chi connectivity index (χ1n) is 6.04. The normalized spacial score (nSPS) is 18.7. The van der Waals surface area contributed by atoms with Gasteiger partial charge in [0.1, 0.15) is 5.82 Å². The average Bonchev–Trinajstić information content (AvgIpc) is 2.30. The molecule has 0 aliphatic heterocycles. The maximum atomic E-state index is 12.9. The molecule has 17 heavy (non-hydrogen) atoms. The Bertz CT molecular complexity index is 414. The van der Waals surface area contributed by atoms with Gasteiger partial charge in [-0.15, -0.1) is 0 Å². The second-order valence-electron chi connectivity index (χ2n) is 4.92. The molecule has 0 atom stereocenters. The minimum absolute atomic E-state index is 0.0460. The minimum Gasteiger partial charge on any atom is -0.310 e. The Labute approximate surface area is 100 Å². The third-order valence-corrected chi connectivity index (χ3v) is 3.46. The number of hydrogen-bond acceptors (Lipinski definition) is 2. The van der Waals surface area contributed by atoms with Crippen molar-refractivity contribution in [1.82, 2.24) is 4.98 Å². The van der Waals surface area contributed by atoms with E-state index in [0.29, 0.717) is 5.82 Å². The topological polar surface area (TPSA) is 42.0 Å². The van der Waals surface area contributed by atoms with E-state index in [1.807, 2.05) is 6.92 Å². The van der Waals surface area contributed by atoms with Crippen LogP contribution >= 0.6 is 0 Å². The van der Waals surface area contributed by atoms with Crippen molar-refractivity contribution in [3.63, 3.8) is 0 Å². The van der Waals surface area contributed by atoms with E-state index < -0.39 is 5.95 Å². The van der Waals surface area contributed by atoms with Gasteiger partial charge in [0, 0.05) is 5.41 Å². The quantitative estimate of drug-likeness (QED) is 0.801. The molecular weight excluding hydrogens is 219 g/mol. The zero-order valence-corrected chi connectivity index (χ0v) is 10.0. The van der Waals surface area contributed by atoms with Crippen LogP contribution in [0.5, 0.6) is 0 Å². The number of nitrogens with one attached hydrogen (secondary N) is 1. The molecule has 0 spiro atoms. The van der Waals surface area contributed by atoms with Crippen molar-refractivity contribution in [2.24, 2.45) is 5.41 Å². The van der Waals surface area contributed by atoms with Gasteiger partial charge in [0.25, 0.3) is 0 Å². The number of anilines is 1. The summed E-state index contributed by atoms with van der Waals surface area (Å²) in [5.74, 6) is -0.325. The van der Waals surface area contributed by atoms with Crippen molar-refractivity contribution in [1.29, 1.82) is 0 Å².